The smallest absolute Gasteiger partial charge is 0.243 e. The molecule has 0 aliphatic carbocycles. The van der Waals surface area contributed by atoms with Crippen molar-refractivity contribution in [2.45, 2.75) is 19.3 Å². The molecule has 1 aliphatic heterocycles. The van der Waals surface area contributed by atoms with Crippen molar-refractivity contribution in [1.82, 2.24) is 14.6 Å². The van der Waals surface area contributed by atoms with Crippen LogP contribution in [0.15, 0.2) is 65.1 Å². The molecule has 1 aromatic heterocycles. The summed E-state index contributed by atoms with van der Waals surface area (Å²) in [6, 6.07) is 17.2. The second kappa shape index (κ2) is 8.74. The van der Waals surface area contributed by atoms with E-state index in [2.05, 4.69) is 20.0 Å². The number of hydrogen-bond acceptors (Lipinski definition) is 6. The van der Waals surface area contributed by atoms with Crippen LogP contribution in [0.4, 0.5) is 5.69 Å². The zero-order chi connectivity index (χ0) is 20.1. The van der Waals surface area contributed by atoms with E-state index in [1.807, 2.05) is 60.0 Å². The third kappa shape index (κ3) is 4.72. The van der Waals surface area contributed by atoms with Gasteiger partial charge in [-0.15, -0.1) is 5.10 Å². The predicted molar refractivity (Wildman–Crippen MR) is 113 cm³/mol. The van der Waals surface area contributed by atoms with Crippen molar-refractivity contribution in [3.63, 3.8) is 0 Å². The molecule has 3 aromatic rings. The Balaban J connectivity index is 1.27. The molecular formula is C21H19N5O2S. The zero-order valence-electron chi connectivity index (χ0n) is 15.6. The second-order valence-corrected chi connectivity index (χ2v) is 7.21. The van der Waals surface area contributed by atoms with Crippen LogP contribution in [0.2, 0.25) is 0 Å². The molecule has 146 valence electrons. The quantitative estimate of drug-likeness (QED) is 0.679. The first kappa shape index (κ1) is 18.9. The number of carbonyl (C=O) groups is 2. The maximum absolute atomic E-state index is 12.4. The van der Waals surface area contributed by atoms with Gasteiger partial charge in [0.25, 0.3) is 0 Å². The number of hydrazone groups is 1. The first-order valence-corrected chi connectivity index (χ1v) is 10.1. The van der Waals surface area contributed by atoms with Crippen molar-refractivity contribution in [2.24, 2.45) is 5.10 Å². The Bertz CT molecular complexity index is 1020. The summed E-state index contributed by atoms with van der Waals surface area (Å²) < 4.78 is 3.84. The Kier molecular flexibility index (Phi) is 5.71. The molecule has 0 fully saturated rings. The van der Waals surface area contributed by atoms with Gasteiger partial charge < -0.3 is 5.32 Å². The number of nitrogens with one attached hydrogen (secondary N) is 1. The molecule has 0 saturated heterocycles. The molecule has 0 radical (unpaired) electrons. The number of rotatable bonds is 6. The summed E-state index contributed by atoms with van der Waals surface area (Å²) in [4.78, 5) is 24.6. The molecule has 0 saturated carbocycles. The van der Waals surface area contributed by atoms with Crippen LogP contribution in [-0.2, 0) is 9.59 Å². The van der Waals surface area contributed by atoms with Crippen LogP contribution in [-0.4, -0.2) is 38.7 Å². The van der Waals surface area contributed by atoms with Gasteiger partial charge in [-0.3, -0.25) is 9.59 Å². The van der Waals surface area contributed by atoms with Crippen molar-refractivity contribution in [2.75, 3.05) is 11.9 Å². The SMILES string of the molecule is O=C(CCC(=O)N1CCC(c2ccccc2)=N1)Nc1ccc(-c2csnn2)cc1. The van der Waals surface area contributed by atoms with Crippen LogP contribution in [0.3, 0.4) is 0 Å². The molecule has 2 aromatic carbocycles. The van der Waals surface area contributed by atoms with Gasteiger partial charge in [0.05, 0.1) is 12.3 Å². The van der Waals surface area contributed by atoms with Gasteiger partial charge in [0.2, 0.25) is 11.8 Å². The van der Waals surface area contributed by atoms with E-state index < -0.39 is 0 Å². The Hall–Kier alpha value is -3.39. The van der Waals surface area contributed by atoms with Gasteiger partial charge in [-0.05, 0) is 29.2 Å². The van der Waals surface area contributed by atoms with E-state index in [9.17, 15) is 9.59 Å². The Morgan fingerprint density at radius 3 is 2.52 bits per heavy atom. The number of nitrogens with zero attached hydrogens (tertiary/aromatic N) is 4. The largest absolute Gasteiger partial charge is 0.326 e. The summed E-state index contributed by atoms with van der Waals surface area (Å²) in [6.07, 6.45) is 0.964. The molecule has 8 heteroatoms. The predicted octanol–water partition coefficient (Wildman–Crippen LogP) is 3.56. The van der Waals surface area contributed by atoms with Gasteiger partial charge in [-0.2, -0.15) is 5.10 Å². The molecular weight excluding hydrogens is 386 g/mol. The van der Waals surface area contributed by atoms with Crippen molar-refractivity contribution in [3.8, 4) is 11.3 Å². The monoisotopic (exact) mass is 405 g/mol. The number of amides is 2. The summed E-state index contributed by atoms with van der Waals surface area (Å²) >= 11 is 1.29. The van der Waals surface area contributed by atoms with Gasteiger partial charge in [-0.1, -0.05) is 47.0 Å². The summed E-state index contributed by atoms with van der Waals surface area (Å²) in [5, 5.41) is 14.6. The topological polar surface area (TPSA) is 87.5 Å². The van der Waals surface area contributed by atoms with E-state index in [0.29, 0.717) is 12.2 Å². The lowest BCUT2D eigenvalue weighted by Crippen LogP contribution is -2.24. The molecule has 2 heterocycles. The first-order valence-electron chi connectivity index (χ1n) is 9.29. The highest BCUT2D eigenvalue weighted by atomic mass is 32.1. The molecule has 0 atom stereocenters. The standard InChI is InChI=1S/C21H19N5O2S/c27-20(22-17-8-6-16(7-9-17)19-14-29-25-23-19)10-11-21(28)26-13-12-18(24-26)15-4-2-1-3-5-15/h1-9,14H,10-13H2,(H,22,27). The van der Waals surface area contributed by atoms with E-state index in [0.717, 1.165) is 29.0 Å². The maximum atomic E-state index is 12.4. The van der Waals surface area contributed by atoms with Crippen LogP contribution >= 0.6 is 11.5 Å². The van der Waals surface area contributed by atoms with Crippen molar-refractivity contribution in [3.05, 3.63) is 65.5 Å². The third-order valence-corrected chi connectivity index (χ3v) is 5.09. The number of hydrogen-bond donors (Lipinski definition) is 1. The molecule has 1 N–H and O–H groups in total. The molecule has 2 amide bonds. The summed E-state index contributed by atoms with van der Waals surface area (Å²) in [5.74, 6) is -0.342. The first-order chi connectivity index (χ1) is 14.2. The lowest BCUT2D eigenvalue weighted by molar-refractivity contribution is -0.132. The Morgan fingerprint density at radius 2 is 1.79 bits per heavy atom. The van der Waals surface area contributed by atoms with Crippen LogP contribution in [0.25, 0.3) is 11.3 Å². The fourth-order valence-electron chi connectivity index (χ4n) is 3.06. The molecule has 4 rings (SSSR count). The van der Waals surface area contributed by atoms with Gasteiger partial charge >= 0.3 is 0 Å². The minimum absolute atomic E-state index is 0.114. The second-order valence-electron chi connectivity index (χ2n) is 6.60. The van der Waals surface area contributed by atoms with Gasteiger partial charge in [0.1, 0.15) is 5.69 Å². The highest BCUT2D eigenvalue weighted by molar-refractivity contribution is 7.03. The van der Waals surface area contributed by atoms with E-state index in [1.54, 1.807) is 0 Å². The van der Waals surface area contributed by atoms with E-state index >= 15 is 0 Å². The number of benzene rings is 2. The highest BCUT2D eigenvalue weighted by Gasteiger charge is 2.21. The lowest BCUT2D eigenvalue weighted by atomic mass is 10.1. The maximum Gasteiger partial charge on any atom is 0.243 e. The number of aromatic nitrogens is 2. The van der Waals surface area contributed by atoms with E-state index in [1.165, 1.54) is 16.5 Å². The minimum atomic E-state index is -0.201. The molecule has 0 spiro atoms. The average molecular weight is 405 g/mol. The Morgan fingerprint density at radius 1 is 1.00 bits per heavy atom. The minimum Gasteiger partial charge on any atom is -0.326 e. The van der Waals surface area contributed by atoms with Crippen molar-refractivity contribution in [1.29, 1.82) is 0 Å². The van der Waals surface area contributed by atoms with Crippen molar-refractivity contribution >= 4 is 34.7 Å². The summed E-state index contributed by atoms with van der Waals surface area (Å²) in [7, 11) is 0. The van der Waals surface area contributed by atoms with Gasteiger partial charge in [0.15, 0.2) is 0 Å². The normalized spacial score (nSPS) is 13.2. The third-order valence-electron chi connectivity index (χ3n) is 4.59. The van der Waals surface area contributed by atoms with Crippen LogP contribution in [0, 0.1) is 0 Å². The van der Waals surface area contributed by atoms with Crippen molar-refractivity contribution < 1.29 is 9.59 Å². The van der Waals surface area contributed by atoms with Crippen LogP contribution in [0.1, 0.15) is 24.8 Å². The average Bonchev–Trinajstić information content (AvgIpc) is 3.46. The summed E-state index contributed by atoms with van der Waals surface area (Å²) in [6.45, 7) is 0.553. The number of anilines is 1. The Labute approximate surface area is 172 Å². The van der Waals surface area contributed by atoms with Gasteiger partial charge in [0, 0.05) is 35.9 Å². The van der Waals surface area contributed by atoms with Gasteiger partial charge in [-0.25, -0.2) is 5.01 Å². The van der Waals surface area contributed by atoms with Crippen LogP contribution < -0.4 is 5.32 Å². The fraction of sp³-hybridized carbons (Fsp3) is 0.190. The molecule has 0 unspecified atom stereocenters. The van der Waals surface area contributed by atoms with Crippen LogP contribution in [0.5, 0.6) is 0 Å². The fourth-order valence-corrected chi connectivity index (χ4v) is 3.52. The summed E-state index contributed by atoms with van der Waals surface area (Å²) in [5.41, 5.74) is 4.35. The van der Waals surface area contributed by atoms with E-state index in [-0.39, 0.29) is 24.7 Å². The molecule has 0 bridgehead atoms. The zero-order valence-corrected chi connectivity index (χ0v) is 16.4. The molecule has 7 nitrogen and oxygen atoms in total. The molecule has 1 aliphatic rings. The number of carbonyl (C=O) groups excluding carboxylic acids is 2. The highest BCUT2D eigenvalue weighted by Crippen LogP contribution is 2.20. The van der Waals surface area contributed by atoms with E-state index in [4.69, 9.17) is 0 Å². The lowest BCUT2D eigenvalue weighted by Gasteiger charge is -2.11. The molecule has 29 heavy (non-hydrogen) atoms.